The molecule has 10 nitrogen and oxygen atoms in total. The van der Waals surface area contributed by atoms with E-state index in [0.29, 0.717) is 27.6 Å². The molecule has 0 radical (unpaired) electrons. The number of rotatable bonds is 0. The van der Waals surface area contributed by atoms with Crippen LogP contribution in [0.1, 0.15) is 52.4 Å². The Morgan fingerprint density at radius 1 is 0.554 bits per heavy atom. The van der Waals surface area contributed by atoms with Crippen LogP contribution in [0.15, 0.2) is 114 Å². The summed E-state index contributed by atoms with van der Waals surface area (Å²) >= 11 is 0. The van der Waals surface area contributed by atoms with Gasteiger partial charge in [-0.1, -0.05) is 49.1 Å². The molecule has 10 aromatic rings. The van der Waals surface area contributed by atoms with Gasteiger partial charge in [0.15, 0.2) is 0 Å². The van der Waals surface area contributed by atoms with Crippen molar-refractivity contribution < 1.29 is 0 Å². The van der Waals surface area contributed by atoms with Crippen molar-refractivity contribution in [3.63, 3.8) is 0 Å². The third kappa shape index (κ3) is 4.82. The van der Waals surface area contributed by atoms with Gasteiger partial charge in [0.05, 0.1) is 50.9 Å². The minimum Gasteiger partial charge on any atom is -0.369 e. The lowest BCUT2D eigenvalue weighted by atomic mass is 9.89. The van der Waals surface area contributed by atoms with Crippen molar-refractivity contribution in [2.75, 3.05) is 5.32 Å². The second kappa shape index (κ2) is 12.2. The van der Waals surface area contributed by atoms with Crippen LogP contribution in [-0.2, 0) is 0 Å². The third-order valence-corrected chi connectivity index (χ3v) is 13.8. The zero-order chi connectivity index (χ0) is 42.8. The Labute approximate surface area is 368 Å². The summed E-state index contributed by atoms with van der Waals surface area (Å²) in [6, 6.07) is 25.2. The maximum atomic E-state index is 5.74. The van der Waals surface area contributed by atoms with Gasteiger partial charge in [0.2, 0.25) is 0 Å². The number of aromatic nitrogens is 9. The van der Waals surface area contributed by atoms with Gasteiger partial charge in [0, 0.05) is 60.4 Å². The molecule has 1 atom stereocenters. The highest BCUT2D eigenvalue weighted by molar-refractivity contribution is 6.23. The fraction of sp³-hybridized carbons (Fsp3) is 0.0545. The Balaban J connectivity index is 1.25. The molecule has 0 spiro atoms. The molecule has 5 aliphatic rings. The monoisotopic (exact) mass is 834 g/mol. The first-order valence-electron chi connectivity index (χ1n) is 21.8. The summed E-state index contributed by atoms with van der Waals surface area (Å²) in [5, 5.41) is 7.76. The molecule has 0 fully saturated rings. The largest absolute Gasteiger partial charge is 0.369 e. The lowest BCUT2D eigenvalue weighted by Gasteiger charge is -2.29. The molecule has 15 rings (SSSR count). The van der Waals surface area contributed by atoms with Crippen molar-refractivity contribution >= 4 is 130 Å². The van der Waals surface area contributed by atoms with Gasteiger partial charge in [0.1, 0.15) is 27.6 Å². The Morgan fingerprint density at radius 3 is 2.18 bits per heavy atom. The van der Waals surface area contributed by atoms with E-state index < -0.39 is 0 Å². The van der Waals surface area contributed by atoms with Crippen LogP contribution in [0.2, 0.25) is 0 Å². The van der Waals surface area contributed by atoms with Crippen LogP contribution >= 0.6 is 0 Å². The van der Waals surface area contributed by atoms with E-state index in [4.69, 9.17) is 29.9 Å². The van der Waals surface area contributed by atoms with Gasteiger partial charge in [0.25, 0.3) is 0 Å². The van der Waals surface area contributed by atoms with Crippen LogP contribution in [0.4, 0.5) is 5.69 Å². The average Bonchev–Trinajstić information content (AvgIpc) is 4.19. The molecule has 22 bridgehead atoms. The van der Waals surface area contributed by atoms with Gasteiger partial charge >= 0.3 is 0 Å². The molecule has 1 unspecified atom stereocenters. The molecular formula is C55H34N10. The number of anilines is 1. The van der Waals surface area contributed by atoms with Crippen molar-refractivity contribution in [2.45, 2.75) is 19.9 Å². The molecule has 0 amide bonds. The molecule has 0 saturated carbocycles. The van der Waals surface area contributed by atoms with E-state index in [1.54, 1.807) is 0 Å². The molecule has 3 aliphatic heterocycles. The van der Waals surface area contributed by atoms with Gasteiger partial charge in [-0.2, -0.15) is 0 Å². The van der Waals surface area contributed by atoms with E-state index in [1.165, 1.54) is 0 Å². The zero-order valence-electron chi connectivity index (χ0n) is 35.1. The lowest BCUT2D eigenvalue weighted by molar-refractivity contribution is 0.861. The summed E-state index contributed by atoms with van der Waals surface area (Å²) < 4.78 is 0. The number of nitrogens with one attached hydrogen (secondary N) is 4. The van der Waals surface area contributed by atoms with Crippen molar-refractivity contribution in [3.8, 4) is 11.3 Å². The fourth-order valence-electron chi connectivity index (χ4n) is 10.5. The summed E-state index contributed by atoms with van der Waals surface area (Å²) in [5.74, 6) is 0. The van der Waals surface area contributed by atoms with E-state index in [2.05, 4.69) is 168 Å². The highest BCUT2D eigenvalue weighted by Crippen LogP contribution is 2.45. The minimum atomic E-state index is -0.379. The zero-order valence-corrected chi connectivity index (χ0v) is 35.1. The van der Waals surface area contributed by atoms with Crippen LogP contribution < -0.4 is 10.5 Å². The molecule has 304 valence electrons. The number of aromatic amines is 3. The Morgan fingerprint density at radius 2 is 1.29 bits per heavy atom. The molecule has 10 heteroatoms. The van der Waals surface area contributed by atoms with E-state index in [1.807, 2.05) is 0 Å². The van der Waals surface area contributed by atoms with Crippen LogP contribution in [-0.4, -0.2) is 44.9 Å². The maximum absolute atomic E-state index is 5.74. The first-order valence-corrected chi connectivity index (χ1v) is 21.8. The quantitative estimate of drug-likeness (QED) is 0.0882. The number of allylic oxidation sites excluding steroid dienone is 4. The highest BCUT2D eigenvalue weighted by Gasteiger charge is 2.32. The van der Waals surface area contributed by atoms with Crippen LogP contribution in [0.5, 0.6) is 0 Å². The normalized spacial score (nSPS) is 16.0. The molecule has 0 saturated heterocycles. The van der Waals surface area contributed by atoms with E-state index in [9.17, 15) is 0 Å². The summed E-state index contributed by atoms with van der Waals surface area (Å²) in [5.41, 5.74) is 22.4. The predicted molar refractivity (Wildman–Crippen MR) is 266 cm³/mol. The van der Waals surface area contributed by atoms with Crippen molar-refractivity contribution in [2.24, 2.45) is 0 Å². The van der Waals surface area contributed by atoms with E-state index >= 15 is 0 Å². The maximum Gasteiger partial charge on any atom is 0.120 e. The van der Waals surface area contributed by atoms with E-state index in [-0.39, 0.29) is 6.04 Å². The number of benzene rings is 3. The van der Waals surface area contributed by atoms with Crippen molar-refractivity contribution in [1.82, 2.24) is 44.9 Å². The fourth-order valence-corrected chi connectivity index (χ4v) is 10.5. The second-order valence-electron chi connectivity index (χ2n) is 17.7. The predicted octanol–water partition coefficient (Wildman–Crippen LogP) is 11.9. The first-order chi connectivity index (χ1) is 31.9. The van der Waals surface area contributed by atoms with Gasteiger partial charge in [-0.25, -0.2) is 29.9 Å². The average molecular weight is 835 g/mol. The lowest BCUT2D eigenvalue weighted by Crippen LogP contribution is -2.29. The topological polar surface area (TPSA) is 137 Å². The molecule has 2 aliphatic carbocycles. The Hall–Kier alpha value is -8.76. The van der Waals surface area contributed by atoms with Gasteiger partial charge in [-0.3, -0.25) is 0 Å². The Bertz CT molecular complexity index is 4370. The molecule has 4 N–H and O–H groups in total. The number of H-pyrrole nitrogens is 3. The van der Waals surface area contributed by atoms with Gasteiger partial charge in [-0.05, 0) is 132 Å². The number of hydrogen-bond donors (Lipinski definition) is 4. The van der Waals surface area contributed by atoms with Crippen LogP contribution in [0.25, 0.3) is 136 Å². The van der Waals surface area contributed by atoms with Crippen LogP contribution in [0, 0.1) is 6.92 Å². The standard InChI is InChI=1S/C55H34N10/c1-25-4-5-26(2)33-12-14-36-42-20-9-31(58-42)24-32-10-21-43(59-32)39-17-16-38-41-19-8-30(57-41)23-28-6-11-34(27(28)3)35-13-15-37(40-18-7-29(22-25)56-40)47-45(35)61-51-52(63-47)50-53(62-46(36)44(33)60-50)55-54(51)64-48(38)49(39)65-55/h4-24,44,56-58,60H,2H2,1,3H3. The molecule has 10 heterocycles. The third-order valence-electron chi connectivity index (χ3n) is 13.8. The summed E-state index contributed by atoms with van der Waals surface area (Å²) in [4.78, 5) is 44.8. The Kier molecular flexibility index (Phi) is 6.55. The van der Waals surface area contributed by atoms with E-state index in [0.717, 1.165) is 139 Å². The molecular weight excluding hydrogens is 801 g/mol. The van der Waals surface area contributed by atoms with Gasteiger partial charge in [-0.15, -0.1) is 0 Å². The number of fused-ring (bicyclic) bond motifs is 15. The second-order valence-corrected chi connectivity index (χ2v) is 17.7. The minimum absolute atomic E-state index is 0.379. The highest BCUT2D eigenvalue weighted by atomic mass is 15.0. The van der Waals surface area contributed by atoms with Crippen molar-refractivity contribution in [1.29, 1.82) is 0 Å². The van der Waals surface area contributed by atoms with Crippen LogP contribution in [0.3, 0.4) is 0 Å². The molecule has 3 aromatic carbocycles. The van der Waals surface area contributed by atoms with Gasteiger partial charge < -0.3 is 20.3 Å². The number of nitrogens with zero attached hydrogens (tertiary/aromatic N) is 6. The molecule has 7 aromatic heterocycles. The number of hydrogen-bond acceptors (Lipinski definition) is 7. The summed E-state index contributed by atoms with van der Waals surface area (Å²) in [7, 11) is 0. The molecule has 65 heavy (non-hydrogen) atoms. The SMILES string of the molecule is C=C1C=CC(C)=Cc2ccc([nH]2)-c2ccc3c4c(C)c(cc5ccc([nH]5)c5ccc6c7nc(cc8ccc([nH]8)c8c9nc%10c(c%11nc2c3nc%11c2nc5c6nc%102)NC9C1=CC=8)C=C7)C=C4. The first kappa shape index (κ1) is 34.8. The van der Waals surface area contributed by atoms with Crippen molar-refractivity contribution in [3.05, 3.63) is 159 Å². The smallest absolute Gasteiger partial charge is 0.120 e. The summed E-state index contributed by atoms with van der Waals surface area (Å²) in [6.45, 7) is 8.93. The summed E-state index contributed by atoms with van der Waals surface area (Å²) in [6.07, 6.45) is 19.2.